The highest BCUT2D eigenvalue weighted by atomic mass is 16.5. The second kappa shape index (κ2) is 5.58. The van der Waals surface area contributed by atoms with Gasteiger partial charge in [0.05, 0.1) is 0 Å². The average molecular weight is 186 g/mol. The van der Waals surface area contributed by atoms with Crippen LogP contribution in [-0.2, 0) is 4.74 Å². The van der Waals surface area contributed by atoms with E-state index >= 15 is 0 Å². The number of nitrogens with zero attached hydrogens (tertiary/aromatic N) is 1. The lowest BCUT2D eigenvalue weighted by Crippen LogP contribution is -2.33. The van der Waals surface area contributed by atoms with Crippen LogP contribution in [-0.4, -0.2) is 44.3 Å². The smallest absolute Gasteiger partial charge is 0.0474 e. The van der Waals surface area contributed by atoms with Gasteiger partial charge in [0.15, 0.2) is 0 Å². The van der Waals surface area contributed by atoms with Crippen molar-refractivity contribution in [2.24, 2.45) is 11.7 Å². The maximum absolute atomic E-state index is 5.69. The Kier molecular flexibility index (Phi) is 4.70. The summed E-state index contributed by atoms with van der Waals surface area (Å²) in [4.78, 5) is 2.52. The molecular weight excluding hydrogens is 164 g/mol. The lowest BCUT2D eigenvalue weighted by atomic mass is 10.0. The highest BCUT2D eigenvalue weighted by molar-refractivity contribution is 4.83. The zero-order chi connectivity index (χ0) is 9.68. The normalized spacial score (nSPS) is 29.8. The Bertz CT molecular complexity index is 141. The first-order chi connectivity index (χ1) is 6.29. The molecule has 0 saturated carbocycles. The monoisotopic (exact) mass is 186 g/mol. The van der Waals surface area contributed by atoms with Gasteiger partial charge in [0.2, 0.25) is 0 Å². The first-order valence-electron chi connectivity index (χ1n) is 5.22. The molecule has 0 aromatic carbocycles. The van der Waals surface area contributed by atoms with Crippen molar-refractivity contribution in [1.29, 1.82) is 0 Å². The number of rotatable bonds is 5. The van der Waals surface area contributed by atoms with Gasteiger partial charge in [-0.05, 0) is 38.8 Å². The van der Waals surface area contributed by atoms with Gasteiger partial charge in [-0.1, -0.05) is 0 Å². The van der Waals surface area contributed by atoms with Crippen molar-refractivity contribution in [1.82, 2.24) is 4.90 Å². The van der Waals surface area contributed by atoms with Gasteiger partial charge in [-0.2, -0.15) is 0 Å². The number of hydrogen-bond donors (Lipinski definition) is 1. The first kappa shape index (κ1) is 11.0. The van der Waals surface area contributed by atoms with Gasteiger partial charge in [-0.3, -0.25) is 0 Å². The van der Waals surface area contributed by atoms with Crippen LogP contribution in [0.2, 0.25) is 0 Å². The van der Waals surface area contributed by atoms with Crippen LogP contribution < -0.4 is 5.73 Å². The van der Waals surface area contributed by atoms with E-state index in [2.05, 4.69) is 11.8 Å². The van der Waals surface area contributed by atoms with Crippen molar-refractivity contribution >= 4 is 0 Å². The molecule has 1 rings (SSSR count). The van der Waals surface area contributed by atoms with Gasteiger partial charge in [-0.25, -0.2) is 0 Å². The highest BCUT2D eigenvalue weighted by Crippen LogP contribution is 2.22. The summed E-state index contributed by atoms with van der Waals surface area (Å²) in [5.74, 6) is 0.711. The number of methoxy groups -OCH3 is 1. The summed E-state index contributed by atoms with van der Waals surface area (Å²) in [6.45, 7) is 6.37. The summed E-state index contributed by atoms with van der Waals surface area (Å²) in [7, 11) is 1.76. The lowest BCUT2D eigenvalue weighted by Gasteiger charge is -2.23. The molecular formula is C10H22N2O. The number of likely N-dealkylation sites (tertiary alicyclic amines) is 1. The largest absolute Gasteiger partial charge is 0.385 e. The van der Waals surface area contributed by atoms with Crippen molar-refractivity contribution < 1.29 is 4.74 Å². The van der Waals surface area contributed by atoms with Crippen LogP contribution in [0, 0.1) is 5.92 Å². The van der Waals surface area contributed by atoms with Gasteiger partial charge in [-0.15, -0.1) is 0 Å². The molecule has 2 unspecified atom stereocenters. The Morgan fingerprint density at radius 3 is 2.85 bits per heavy atom. The molecule has 78 valence electrons. The molecule has 0 spiro atoms. The van der Waals surface area contributed by atoms with Crippen LogP contribution in [0.3, 0.4) is 0 Å². The molecule has 0 aromatic rings. The number of hydrogen-bond acceptors (Lipinski definition) is 3. The van der Waals surface area contributed by atoms with E-state index in [1.165, 1.54) is 13.0 Å². The van der Waals surface area contributed by atoms with E-state index in [9.17, 15) is 0 Å². The second-order valence-corrected chi connectivity index (χ2v) is 3.91. The molecule has 0 bridgehead atoms. The fourth-order valence-electron chi connectivity index (χ4n) is 2.12. The standard InChI is InChI=1S/C10H22N2O/c1-9-10(8-11)4-6-12(9)5-3-7-13-2/h9-10H,3-8,11H2,1-2H3. The molecule has 2 N–H and O–H groups in total. The maximum atomic E-state index is 5.69. The van der Waals surface area contributed by atoms with E-state index in [0.717, 1.165) is 26.1 Å². The van der Waals surface area contributed by atoms with Crippen LogP contribution in [0.15, 0.2) is 0 Å². The van der Waals surface area contributed by atoms with Crippen LogP contribution in [0.5, 0.6) is 0 Å². The third-order valence-corrected chi connectivity index (χ3v) is 3.14. The third-order valence-electron chi connectivity index (χ3n) is 3.14. The van der Waals surface area contributed by atoms with E-state index in [4.69, 9.17) is 10.5 Å². The summed E-state index contributed by atoms with van der Waals surface area (Å²) in [6.07, 6.45) is 2.41. The summed E-state index contributed by atoms with van der Waals surface area (Å²) in [5, 5.41) is 0. The molecule has 0 aromatic heterocycles. The van der Waals surface area contributed by atoms with E-state index in [1.54, 1.807) is 7.11 Å². The van der Waals surface area contributed by atoms with Crippen molar-refractivity contribution in [2.45, 2.75) is 25.8 Å². The van der Waals surface area contributed by atoms with E-state index < -0.39 is 0 Å². The van der Waals surface area contributed by atoms with Gasteiger partial charge in [0.1, 0.15) is 0 Å². The van der Waals surface area contributed by atoms with Gasteiger partial charge in [0, 0.05) is 26.3 Å². The van der Waals surface area contributed by atoms with Crippen molar-refractivity contribution in [3.8, 4) is 0 Å². The molecule has 1 aliphatic heterocycles. The van der Waals surface area contributed by atoms with Gasteiger partial charge < -0.3 is 15.4 Å². The molecule has 0 aliphatic carbocycles. The SMILES string of the molecule is COCCCN1CCC(CN)C1C. The van der Waals surface area contributed by atoms with E-state index in [-0.39, 0.29) is 0 Å². The molecule has 3 nitrogen and oxygen atoms in total. The Balaban J connectivity index is 2.20. The molecule has 1 heterocycles. The molecule has 2 atom stereocenters. The summed E-state index contributed by atoms with van der Waals surface area (Å²) in [6, 6.07) is 0.668. The molecule has 1 aliphatic rings. The van der Waals surface area contributed by atoms with Gasteiger partial charge in [0.25, 0.3) is 0 Å². The van der Waals surface area contributed by atoms with Gasteiger partial charge >= 0.3 is 0 Å². The minimum absolute atomic E-state index is 0.668. The average Bonchev–Trinajstić information content (AvgIpc) is 2.48. The molecule has 1 fully saturated rings. The fourth-order valence-corrected chi connectivity index (χ4v) is 2.12. The molecule has 3 heteroatoms. The number of ether oxygens (including phenoxy) is 1. The zero-order valence-electron chi connectivity index (χ0n) is 8.83. The Labute approximate surface area is 81.2 Å². The maximum Gasteiger partial charge on any atom is 0.0474 e. The van der Waals surface area contributed by atoms with E-state index in [1.807, 2.05) is 0 Å². The Morgan fingerprint density at radius 2 is 2.31 bits per heavy atom. The number of nitrogens with two attached hydrogens (primary N) is 1. The topological polar surface area (TPSA) is 38.5 Å². The molecule has 1 saturated heterocycles. The zero-order valence-corrected chi connectivity index (χ0v) is 8.83. The predicted octanol–water partition coefficient (Wildman–Crippen LogP) is 0.692. The summed E-state index contributed by atoms with van der Waals surface area (Å²) in [5.41, 5.74) is 5.69. The predicted molar refractivity (Wildman–Crippen MR) is 54.7 cm³/mol. The summed E-state index contributed by atoms with van der Waals surface area (Å²) >= 11 is 0. The minimum Gasteiger partial charge on any atom is -0.385 e. The van der Waals surface area contributed by atoms with Crippen molar-refractivity contribution in [3.05, 3.63) is 0 Å². The first-order valence-corrected chi connectivity index (χ1v) is 5.22. The Morgan fingerprint density at radius 1 is 1.54 bits per heavy atom. The lowest BCUT2D eigenvalue weighted by molar-refractivity contribution is 0.165. The third kappa shape index (κ3) is 2.93. The summed E-state index contributed by atoms with van der Waals surface area (Å²) < 4.78 is 5.04. The fraction of sp³-hybridized carbons (Fsp3) is 1.00. The van der Waals surface area contributed by atoms with Crippen molar-refractivity contribution in [3.63, 3.8) is 0 Å². The van der Waals surface area contributed by atoms with Crippen LogP contribution >= 0.6 is 0 Å². The van der Waals surface area contributed by atoms with E-state index in [0.29, 0.717) is 12.0 Å². The molecule has 13 heavy (non-hydrogen) atoms. The highest BCUT2D eigenvalue weighted by Gasteiger charge is 2.28. The minimum atomic E-state index is 0.668. The van der Waals surface area contributed by atoms with Crippen LogP contribution in [0.4, 0.5) is 0 Å². The molecule has 0 amide bonds. The Hall–Kier alpha value is -0.120. The van der Waals surface area contributed by atoms with Crippen molar-refractivity contribution in [2.75, 3.05) is 33.4 Å². The van der Waals surface area contributed by atoms with Crippen LogP contribution in [0.1, 0.15) is 19.8 Å². The molecule has 0 radical (unpaired) electrons. The quantitative estimate of drug-likeness (QED) is 0.642. The van der Waals surface area contributed by atoms with Crippen LogP contribution in [0.25, 0.3) is 0 Å². The second-order valence-electron chi connectivity index (χ2n) is 3.91.